The topological polar surface area (TPSA) is 52.3 Å². The van der Waals surface area contributed by atoms with Crippen molar-refractivity contribution in [3.05, 3.63) is 29.6 Å². The van der Waals surface area contributed by atoms with Crippen molar-refractivity contribution in [1.82, 2.24) is 0 Å². The highest BCUT2D eigenvalue weighted by Gasteiger charge is 2.15. The lowest BCUT2D eigenvalue weighted by molar-refractivity contribution is 0.0972. The molecule has 0 saturated carbocycles. The highest BCUT2D eigenvalue weighted by molar-refractivity contribution is 5.96. The molecular formula is C14H20FNO2. The van der Waals surface area contributed by atoms with Crippen LogP contribution in [0.15, 0.2) is 18.2 Å². The average molecular weight is 253 g/mol. The van der Waals surface area contributed by atoms with E-state index in [9.17, 15) is 9.18 Å². The van der Waals surface area contributed by atoms with Crippen LogP contribution in [-0.4, -0.2) is 17.9 Å². The number of carbonyl (C=O) groups excluding carboxylic acids is 1. The van der Waals surface area contributed by atoms with Crippen LogP contribution in [0.3, 0.4) is 0 Å². The third-order valence-corrected chi connectivity index (χ3v) is 2.55. The molecule has 0 aliphatic rings. The molecule has 0 aliphatic carbocycles. The maximum Gasteiger partial charge on any atom is 0.165 e. The second-order valence-electron chi connectivity index (χ2n) is 4.99. The Bertz CT molecular complexity index is 424. The summed E-state index contributed by atoms with van der Waals surface area (Å²) in [6, 6.07) is 4.29. The number of carbonyl (C=O) groups is 1. The Morgan fingerprint density at radius 2 is 2.11 bits per heavy atom. The third-order valence-electron chi connectivity index (χ3n) is 2.55. The Labute approximate surface area is 107 Å². The van der Waals surface area contributed by atoms with Gasteiger partial charge in [-0.25, -0.2) is 4.39 Å². The van der Waals surface area contributed by atoms with Crippen molar-refractivity contribution in [2.45, 2.75) is 39.2 Å². The number of ketones is 1. The number of hydrogen-bond acceptors (Lipinski definition) is 3. The molecule has 0 radical (unpaired) electrons. The van der Waals surface area contributed by atoms with E-state index in [0.717, 1.165) is 0 Å². The fourth-order valence-corrected chi connectivity index (χ4v) is 1.53. The molecule has 0 atom stereocenters. The predicted molar refractivity (Wildman–Crippen MR) is 69.4 cm³/mol. The highest BCUT2D eigenvalue weighted by atomic mass is 19.1. The summed E-state index contributed by atoms with van der Waals surface area (Å²) in [4.78, 5) is 11.8. The number of rotatable bonds is 6. The van der Waals surface area contributed by atoms with E-state index < -0.39 is 5.82 Å². The molecule has 2 N–H and O–H groups in total. The van der Waals surface area contributed by atoms with Crippen LogP contribution in [0, 0.1) is 5.82 Å². The zero-order valence-corrected chi connectivity index (χ0v) is 11.1. The molecule has 1 rings (SSSR count). The first-order valence-corrected chi connectivity index (χ1v) is 6.08. The normalized spacial score (nSPS) is 11.4. The van der Waals surface area contributed by atoms with Crippen LogP contribution in [0.1, 0.15) is 44.0 Å². The maximum atomic E-state index is 13.6. The molecule has 0 spiro atoms. The summed E-state index contributed by atoms with van der Waals surface area (Å²) in [5, 5.41) is 0. The zero-order valence-electron chi connectivity index (χ0n) is 11.1. The second kappa shape index (κ2) is 5.96. The Morgan fingerprint density at radius 1 is 1.44 bits per heavy atom. The summed E-state index contributed by atoms with van der Waals surface area (Å²) in [7, 11) is 0. The number of Topliss-reactive ketones (excluding diaryl/α,β-unsaturated/α-hetero) is 1. The maximum absolute atomic E-state index is 13.6. The molecule has 0 unspecified atom stereocenters. The first kappa shape index (κ1) is 14.6. The van der Waals surface area contributed by atoms with Gasteiger partial charge in [0.2, 0.25) is 0 Å². The molecule has 0 bridgehead atoms. The van der Waals surface area contributed by atoms with Crippen LogP contribution in [0.4, 0.5) is 4.39 Å². The smallest absolute Gasteiger partial charge is 0.165 e. The minimum atomic E-state index is -0.505. The van der Waals surface area contributed by atoms with E-state index >= 15 is 0 Å². The van der Waals surface area contributed by atoms with Gasteiger partial charge in [-0.1, -0.05) is 0 Å². The molecule has 0 aliphatic heterocycles. The molecule has 1 aromatic rings. The minimum absolute atomic E-state index is 0.101. The molecule has 0 fully saturated rings. The van der Waals surface area contributed by atoms with Gasteiger partial charge in [0.15, 0.2) is 17.3 Å². The Balaban J connectivity index is 2.72. The summed E-state index contributed by atoms with van der Waals surface area (Å²) in [5.41, 5.74) is 5.78. The molecule has 0 aromatic heterocycles. The lowest BCUT2D eigenvalue weighted by atomic mass is 9.96. The van der Waals surface area contributed by atoms with Gasteiger partial charge in [-0.05, 0) is 45.4 Å². The second-order valence-corrected chi connectivity index (χ2v) is 4.99. The molecule has 0 saturated heterocycles. The van der Waals surface area contributed by atoms with E-state index in [1.165, 1.54) is 12.1 Å². The van der Waals surface area contributed by atoms with E-state index in [1.54, 1.807) is 13.0 Å². The van der Waals surface area contributed by atoms with Crippen LogP contribution in [0.25, 0.3) is 0 Å². The third kappa shape index (κ3) is 4.45. The number of benzene rings is 1. The molecular weight excluding hydrogens is 233 g/mol. The fraction of sp³-hybridized carbons (Fsp3) is 0.500. The predicted octanol–water partition coefficient (Wildman–Crippen LogP) is 2.92. The van der Waals surface area contributed by atoms with Crippen LogP contribution in [-0.2, 0) is 0 Å². The summed E-state index contributed by atoms with van der Waals surface area (Å²) >= 11 is 0. The molecule has 0 amide bonds. The average Bonchev–Trinajstić information content (AvgIpc) is 2.28. The molecule has 4 heteroatoms. The van der Waals surface area contributed by atoms with Gasteiger partial charge in [0, 0.05) is 17.5 Å². The van der Waals surface area contributed by atoms with Crippen LogP contribution in [0.5, 0.6) is 5.75 Å². The van der Waals surface area contributed by atoms with Crippen molar-refractivity contribution in [2.75, 3.05) is 6.61 Å². The van der Waals surface area contributed by atoms with Crippen molar-refractivity contribution in [3.8, 4) is 5.75 Å². The summed E-state index contributed by atoms with van der Waals surface area (Å²) in [5.74, 6) is -0.432. The van der Waals surface area contributed by atoms with Crippen molar-refractivity contribution in [2.24, 2.45) is 5.73 Å². The quantitative estimate of drug-likeness (QED) is 0.793. The molecule has 18 heavy (non-hydrogen) atoms. The van der Waals surface area contributed by atoms with Gasteiger partial charge < -0.3 is 10.5 Å². The van der Waals surface area contributed by atoms with E-state index in [2.05, 4.69) is 0 Å². The van der Waals surface area contributed by atoms with E-state index in [0.29, 0.717) is 25.0 Å². The van der Waals surface area contributed by atoms with Gasteiger partial charge >= 0.3 is 0 Å². The largest absolute Gasteiger partial charge is 0.491 e. The lowest BCUT2D eigenvalue weighted by Crippen LogP contribution is -2.32. The highest BCUT2D eigenvalue weighted by Crippen LogP contribution is 2.20. The van der Waals surface area contributed by atoms with Crippen LogP contribution >= 0.6 is 0 Å². The van der Waals surface area contributed by atoms with Gasteiger partial charge in [-0.15, -0.1) is 0 Å². The Kier molecular flexibility index (Phi) is 4.84. The SMILES string of the molecule is CCOc1ccc(C(=O)CCC(C)(C)N)cc1F. The summed E-state index contributed by atoms with van der Waals surface area (Å²) in [6.45, 7) is 5.89. The Hall–Kier alpha value is -1.42. The van der Waals surface area contributed by atoms with Crippen LogP contribution in [0.2, 0.25) is 0 Å². The fourth-order valence-electron chi connectivity index (χ4n) is 1.53. The summed E-state index contributed by atoms with van der Waals surface area (Å²) < 4.78 is 18.6. The van der Waals surface area contributed by atoms with Crippen molar-refractivity contribution >= 4 is 5.78 Å². The van der Waals surface area contributed by atoms with Crippen LogP contribution < -0.4 is 10.5 Å². The molecule has 1 aromatic carbocycles. The number of hydrogen-bond donors (Lipinski definition) is 1. The van der Waals surface area contributed by atoms with E-state index in [1.807, 2.05) is 13.8 Å². The first-order valence-electron chi connectivity index (χ1n) is 6.08. The minimum Gasteiger partial charge on any atom is -0.491 e. The Morgan fingerprint density at radius 3 is 2.61 bits per heavy atom. The molecule has 3 nitrogen and oxygen atoms in total. The number of halogens is 1. The summed E-state index contributed by atoms with van der Waals surface area (Å²) in [6.07, 6.45) is 0.886. The van der Waals surface area contributed by atoms with Gasteiger partial charge in [0.1, 0.15) is 0 Å². The van der Waals surface area contributed by atoms with Crippen molar-refractivity contribution in [3.63, 3.8) is 0 Å². The van der Waals surface area contributed by atoms with Gasteiger partial charge in [0.25, 0.3) is 0 Å². The van der Waals surface area contributed by atoms with E-state index in [4.69, 9.17) is 10.5 Å². The number of ether oxygens (including phenoxy) is 1. The monoisotopic (exact) mass is 253 g/mol. The molecule has 0 heterocycles. The standard InChI is InChI=1S/C14H20FNO2/c1-4-18-13-6-5-10(9-11(13)15)12(17)7-8-14(2,3)16/h5-6,9H,4,7-8,16H2,1-3H3. The van der Waals surface area contributed by atoms with Crippen molar-refractivity contribution in [1.29, 1.82) is 0 Å². The van der Waals surface area contributed by atoms with Gasteiger partial charge in [-0.2, -0.15) is 0 Å². The van der Waals surface area contributed by atoms with Gasteiger partial charge in [0.05, 0.1) is 6.61 Å². The zero-order chi connectivity index (χ0) is 13.8. The molecule has 100 valence electrons. The van der Waals surface area contributed by atoms with Crippen molar-refractivity contribution < 1.29 is 13.9 Å². The van der Waals surface area contributed by atoms with E-state index in [-0.39, 0.29) is 17.1 Å². The lowest BCUT2D eigenvalue weighted by Gasteiger charge is -2.17. The first-order chi connectivity index (χ1) is 8.33. The number of nitrogens with two attached hydrogens (primary N) is 1. The van der Waals surface area contributed by atoms with Gasteiger partial charge in [-0.3, -0.25) is 4.79 Å².